The lowest BCUT2D eigenvalue weighted by Crippen LogP contribution is -2.25. The molecule has 0 radical (unpaired) electrons. The minimum atomic E-state index is -2.77. The summed E-state index contributed by atoms with van der Waals surface area (Å²) in [5.41, 5.74) is 2.47. The van der Waals surface area contributed by atoms with Gasteiger partial charge in [0, 0.05) is 43.9 Å². The van der Waals surface area contributed by atoms with Crippen LogP contribution in [0.2, 0.25) is 0 Å². The molecule has 0 aliphatic carbocycles. The smallest absolute Gasteiger partial charge is 0.411 e. The van der Waals surface area contributed by atoms with Crippen LogP contribution in [0.5, 0.6) is 0 Å². The van der Waals surface area contributed by atoms with Crippen LogP contribution >= 0.6 is 11.5 Å². The number of alkyl halides is 2. The maximum absolute atomic E-state index is 13.0. The van der Waals surface area contributed by atoms with Crippen molar-refractivity contribution in [1.82, 2.24) is 19.3 Å². The predicted molar refractivity (Wildman–Crippen MR) is 109 cm³/mol. The Morgan fingerprint density at radius 1 is 1.33 bits per heavy atom. The summed E-state index contributed by atoms with van der Waals surface area (Å²) in [5.74, 6) is 0.493. The van der Waals surface area contributed by atoms with Gasteiger partial charge in [-0.25, -0.2) is 18.6 Å². The summed E-state index contributed by atoms with van der Waals surface area (Å²) in [7, 11) is 3.26. The zero-order valence-electron chi connectivity index (χ0n) is 16.0. The zero-order chi connectivity index (χ0) is 21.4. The molecule has 9 nitrogen and oxygen atoms in total. The maximum Gasteiger partial charge on any atom is 0.411 e. The summed E-state index contributed by atoms with van der Waals surface area (Å²) in [5, 5.41) is 12.5. The Morgan fingerprint density at radius 2 is 2.13 bits per heavy atom. The van der Waals surface area contributed by atoms with Gasteiger partial charge < -0.3 is 15.3 Å². The molecular weight excluding hydrogens is 416 g/mol. The first-order chi connectivity index (χ1) is 14.3. The molecule has 3 aromatic heterocycles. The molecule has 0 fully saturated rings. The first kappa shape index (κ1) is 19.9. The fourth-order valence-corrected chi connectivity index (χ4v) is 3.66. The molecule has 4 rings (SSSR count). The molecule has 1 aliphatic heterocycles. The van der Waals surface area contributed by atoms with Crippen molar-refractivity contribution in [1.29, 1.82) is 0 Å². The molecule has 0 atom stereocenters. The molecule has 0 aromatic carbocycles. The van der Waals surface area contributed by atoms with E-state index >= 15 is 0 Å². The third-order valence-electron chi connectivity index (χ3n) is 4.76. The highest BCUT2D eigenvalue weighted by Gasteiger charge is 2.21. The van der Waals surface area contributed by atoms with Gasteiger partial charge in [0.15, 0.2) is 11.6 Å². The Labute approximate surface area is 174 Å². The lowest BCUT2D eigenvalue weighted by molar-refractivity contribution is 0.151. The normalized spacial score (nSPS) is 12.9. The van der Waals surface area contributed by atoms with Gasteiger partial charge in [-0.15, -0.1) is 0 Å². The van der Waals surface area contributed by atoms with Crippen LogP contribution < -0.4 is 15.1 Å². The quantitative estimate of drug-likeness (QED) is 0.626. The average Bonchev–Trinajstić information content (AvgIpc) is 3.34. The number of anilines is 4. The lowest BCUT2D eigenvalue weighted by atomic mass is 10.2. The molecule has 3 aromatic rings. The number of carboxylic acid groups (broad SMARTS) is 1. The standard InChI is InChI=1S/C18H17F2N7O2S/c1-26-4-3-9-5-11(21-8-13(9)26)15-23-17(30-25-15)24-16-12(27(2)18(28)29)6-10(7-22-16)14(19)20/h5-8,14H,3-4H2,1-2H3,(H,28,29)(H,22,23,24,25). The van der Waals surface area contributed by atoms with Gasteiger partial charge in [0.1, 0.15) is 5.69 Å². The van der Waals surface area contributed by atoms with E-state index < -0.39 is 12.5 Å². The molecule has 12 heteroatoms. The van der Waals surface area contributed by atoms with Crippen LogP contribution in [0.3, 0.4) is 0 Å². The number of rotatable bonds is 5. The molecule has 156 valence electrons. The fraction of sp³-hybridized carbons (Fsp3) is 0.278. The summed E-state index contributed by atoms with van der Waals surface area (Å²) in [4.78, 5) is 27.0. The summed E-state index contributed by atoms with van der Waals surface area (Å²) in [6.07, 6.45) is -0.382. The molecule has 30 heavy (non-hydrogen) atoms. The molecule has 0 spiro atoms. The van der Waals surface area contributed by atoms with Gasteiger partial charge in [-0.05, 0) is 24.1 Å². The molecule has 0 saturated heterocycles. The number of nitrogens with one attached hydrogen (secondary N) is 1. The third kappa shape index (κ3) is 3.73. The predicted octanol–water partition coefficient (Wildman–Crippen LogP) is 3.78. The summed E-state index contributed by atoms with van der Waals surface area (Å²) in [6, 6.07) is 3.03. The minimum Gasteiger partial charge on any atom is -0.465 e. The van der Waals surface area contributed by atoms with Crippen LogP contribution in [0.4, 0.5) is 35.9 Å². The molecule has 1 aliphatic rings. The Hall–Kier alpha value is -3.41. The van der Waals surface area contributed by atoms with Crippen LogP contribution in [-0.4, -0.2) is 51.2 Å². The number of fused-ring (bicyclic) bond motifs is 1. The van der Waals surface area contributed by atoms with Gasteiger partial charge in [-0.3, -0.25) is 9.88 Å². The second-order valence-corrected chi connectivity index (χ2v) is 7.45. The second kappa shape index (κ2) is 7.78. The van der Waals surface area contributed by atoms with Crippen LogP contribution in [0.1, 0.15) is 17.6 Å². The van der Waals surface area contributed by atoms with Gasteiger partial charge >= 0.3 is 6.09 Å². The third-order valence-corrected chi connectivity index (χ3v) is 5.39. The van der Waals surface area contributed by atoms with E-state index in [1.165, 1.54) is 12.6 Å². The van der Waals surface area contributed by atoms with Crippen molar-refractivity contribution in [3.05, 3.63) is 35.7 Å². The van der Waals surface area contributed by atoms with Gasteiger partial charge in [0.25, 0.3) is 6.43 Å². The van der Waals surface area contributed by atoms with Crippen LogP contribution in [-0.2, 0) is 6.42 Å². The van der Waals surface area contributed by atoms with Gasteiger partial charge in [0.2, 0.25) is 5.13 Å². The number of pyridine rings is 2. The van der Waals surface area contributed by atoms with E-state index in [0.29, 0.717) is 16.6 Å². The number of hydrogen-bond acceptors (Lipinski definition) is 8. The Balaban J connectivity index is 1.62. The number of amides is 1. The van der Waals surface area contributed by atoms with E-state index in [4.69, 9.17) is 0 Å². The van der Waals surface area contributed by atoms with Crippen molar-refractivity contribution in [2.24, 2.45) is 0 Å². The average molecular weight is 433 g/mol. The number of hydrogen-bond donors (Lipinski definition) is 2. The SMILES string of the molecule is CN1CCc2cc(-c3nsc(Nc4ncc(C(F)F)cc4N(C)C(=O)O)n3)ncc21. The van der Waals surface area contributed by atoms with E-state index in [2.05, 4.69) is 29.5 Å². The van der Waals surface area contributed by atoms with Gasteiger partial charge in [0.05, 0.1) is 17.6 Å². The molecule has 0 unspecified atom stereocenters. The van der Waals surface area contributed by atoms with Crippen molar-refractivity contribution in [2.75, 3.05) is 35.8 Å². The highest BCUT2D eigenvalue weighted by atomic mass is 32.1. The monoisotopic (exact) mass is 433 g/mol. The van der Waals surface area contributed by atoms with E-state index in [1.807, 2.05) is 13.1 Å². The number of halogens is 2. The van der Waals surface area contributed by atoms with Crippen molar-refractivity contribution in [3.8, 4) is 11.5 Å². The lowest BCUT2D eigenvalue weighted by Gasteiger charge is -2.17. The Morgan fingerprint density at radius 3 is 2.87 bits per heavy atom. The molecule has 1 amide bonds. The summed E-state index contributed by atoms with van der Waals surface area (Å²) in [6.45, 7) is 0.928. The van der Waals surface area contributed by atoms with Gasteiger partial charge in [-0.1, -0.05) is 0 Å². The number of likely N-dealkylation sites (N-methyl/N-ethyl adjacent to an activating group) is 1. The number of nitrogens with zero attached hydrogens (tertiary/aromatic N) is 6. The largest absolute Gasteiger partial charge is 0.465 e. The van der Waals surface area contributed by atoms with Crippen LogP contribution in [0, 0.1) is 0 Å². The topological polar surface area (TPSA) is 107 Å². The molecular formula is C18H17F2N7O2S. The fourth-order valence-electron chi connectivity index (χ4n) is 3.09. The first-order valence-electron chi connectivity index (χ1n) is 8.89. The minimum absolute atomic E-state index is 0.0178. The number of aromatic nitrogens is 4. The van der Waals surface area contributed by atoms with Crippen molar-refractivity contribution >= 4 is 39.9 Å². The van der Waals surface area contributed by atoms with E-state index in [0.717, 1.165) is 47.3 Å². The molecule has 0 bridgehead atoms. The Kier molecular flexibility index (Phi) is 5.16. The summed E-state index contributed by atoms with van der Waals surface area (Å²) >= 11 is 1.04. The summed E-state index contributed by atoms with van der Waals surface area (Å²) < 4.78 is 30.3. The van der Waals surface area contributed by atoms with E-state index in [-0.39, 0.29) is 17.1 Å². The first-order valence-corrected chi connectivity index (χ1v) is 9.66. The van der Waals surface area contributed by atoms with Gasteiger partial charge in [-0.2, -0.15) is 9.36 Å². The van der Waals surface area contributed by atoms with Crippen LogP contribution in [0.25, 0.3) is 11.5 Å². The number of carbonyl (C=O) groups is 1. The zero-order valence-corrected chi connectivity index (χ0v) is 16.8. The van der Waals surface area contributed by atoms with E-state index in [1.54, 1.807) is 6.20 Å². The Bertz CT molecular complexity index is 1110. The van der Waals surface area contributed by atoms with Crippen molar-refractivity contribution in [2.45, 2.75) is 12.8 Å². The highest BCUT2D eigenvalue weighted by molar-refractivity contribution is 7.09. The van der Waals surface area contributed by atoms with E-state index in [9.17, 15) is 18.7 Å². The molecule has 4 heterocycles. The second-order valence-electron chi connectivity index (χ2n) is 6.70. The van der Waals surface area contributed by atoms with Crippen molar-refractivity contribution < 1.29 is 18.7 Å². The van der Waals surface area contributed by atoms with Crippen molar-refractivity contribution in [3.63, 3.8) is 0 Å². The van der Waals surface area contributed by atoms with Crippen LogP contribution in [0.15, 0.2) is 24.5 Å². The molecule has 2 N–H and O–H groups in total. The molecule has 0 saturated carbocycles. The highest BCUT2D eigenvalue weighted by Crippen LogP contribution is 2.33. The maximum atomic E-state index is 13.0.